The Balaban J connectivity index is 3.33. The number of nitrogens with two attached hydrogens (primary N) is 2. The van der Waals surface area contributed by atoms with Crippen LogP contribution in [0.15, 0.2) is 12.1 Å². The van der Waals surface area contributed by atoms with Crippen molar-refractivity contribution in [3.8, 4) is 0 Å². The van der Waals surface area contributed by atoms with Gasteiger partial charge in [0.15, 0.2) is 5.78 Å². The molecule has 0 aliphatic carbocycles. The molecule has 0 atom stereocenters. The van der Waals surface area contributed by atoms with E-state index in [1.165, 1.54) is 6.92 Å². The molecule has 3 nitrogen and oxygen atoms in total. The molecule has 0 aliphatic heterocycles. The van der Waals surface area contributed by atoms with E-state index in [1.54, 1.807) is 12.1 Å². The van der Waals surface area contributed by atoms with E-state index in [-0.39, 0.29) is 5.78 Å². The SMILES string of the molecule is CC(=O)c1cc(N)c(N)cc1I. The molecule has 4 N–H and O–H groups in total. The number of benzene rings is 1. The Morgan fingerprint density at radius 2 is 1.83 bits per heavy atom. The average molecular weight is 276 g/mol. The van der Waals surface area contributed by atoms with Gasteiger partial charge in [-0.3, -0.25) is 4.79 Å². The number of rotatable bonds is 1. The second-order valence-corrected chi connectivity index (χ2v) is 3.68. The Morgan fingerprint density at radius 3 is 2.33 bits per heavy atom. The number of anilines is 2. The summed E-state index contributed by atoms with van der Waals surface area (Å²) in [4.78, 5) is 11.0. The molecule has 0 fully saturated rings. The monoisotopic (exact) mass is 276 g/mol. The maximum Gasteiger partial charge on any atom is 0.160 e. The minimum Gasteiger partial charge on any atom is -0.397 e. The molecule has 1 aromatic carbocycles. The van der Waals surface area contributed by atoms with Gasteiger partial charge in [0.25, 0.3) is 0 Å². The van der Waals surface area contributed by atoms with E-state index in [2.05, 4.69) is 22.6 Å². The van der Waals surface area contributed by atoms with Gasteiger partial charge in [-0.05, 0) is 41.6 Å². The fourth-order valence-electron chi connectivity index (χ4n) is 0.875. The molecule has 0 saturated heterocycles. The summed E-state index contributed by atoms with van der Waals surface area (Å²) in [5.41, 5.74) is 12.7. The predicted octanol–water partition coefficient (Wildman–Crippen LogP) is 1.66. The first-order chi connectivity index (χ1) is 5.52. The lowest BCUT2D eigenvalue weighted by Crippen LogP contribution is -2.01. The van der Waals surface area contributed by atoms with Crippen molar-refractivity contribution >= 4 is 39.7 Å². The van der Waals surface area contributed by atoms with Gasteiger partial charge in [-0.2, -0.15) is 0 Å². The van der Waals surface area contributed by atoms with E-state index in [4.69, 9.17) is 11.5 Å². The lowest BCUT2D eigenvalue weighted by atomic mass is 10.1. The van der Waals surface area contributed by atoms with Crippen molar-refractivity contribution in [2.45, 2.75) is 6.92 Å². The Morgan fingerprint density at radius 1 is 1.33 bits per heavy atom. The zero-order chi connectivity index (χ0) is 9.30. The van der Waals surface area contributed by atoms with Crippen LogP contribution in [0.4, 0.5) is 11.4 Å². The third kappa shape index (κ3) is 1.69. The summed E-state index contributed by atoms with van der Waals surface area (Å²) in [7, 11) is 0. The van der Waals surface area contributed by atoms with Crippen LogP contribution in [0.2, 0.25) is 0 Å². The Hall–Kier alpha value is -0.780. The van der Waals surface area contributed by atoms with Crippen LogP contribution in [0.1, 0.15) is 17.3 Å². The van der Waals surface area contributed by atoms with Crippen LogP contribution in [0.3, 0.4) is 0 Å². The second kappa shape index (κ2) is 3.30. The van der Waals surface area contributed by atoms with Gasteiger partial charge in [-0.1, -0.05) is 0 Å². The molecule has 0 bridgehead atoms. The highest BCUT2D eigenvalue weighted by Crippen LogP contribution is 2.22. The van der Waals surface area contributed by atoms with E-state index < -0.39 is 0 Å². The quantitative estimate of drug-likeness (QED) is 0.465. The Labute approximate surface area is 84.3 Å². The molecule has 0 aromatic heterocycles. The third-order valence-corrected chi connectivity index (χ3v) is 2.44. The molecule has 0 unspecified atom stereocenters. The first kappa shape index (κ1) is 9.31. The molecule has 1 rings (SSSR count). The smallest absolute Gasteiger partial charge is 0.160 e. The van der Waals surface area contributed by atoms with E-state index in [0.29, 0.717) is 16.9 Å². The first-order valence-corrected chi connectivity index (χ1v) is 4.45. The van der Waals surface area contributed by atoms with E-state index in [9.17, 15) is 4.79 Å². The van der Waals surface area contributed by atoms with Crippen molar-refractivity contribution in [1.82, 2.24) is 0 Å². The van der Waals surface area contributed by atoms with Crippen LogP contribution in [0.5, 0.6) is 0 Å². The van der Waals surface area contributed by atoms with Gasteiger partial charge in [-0.15, -0.1) is 0 Å². The van der Waals surface area contributed by atoms with Gasteiger partial charge >= 0.3 is 0 Å². The third-order valence-electron chi connectivity index (χ3n) is 1.55. The summed E-state index contributed by atoms with van der Waals surface area (Å²) in [6, 6.07) is 3.31. The topological polar surface area (TPSA) is 69.1 Å². The van der Waals surface area contributed by atoms with Crippen molar-refractivity contribution in [3.63, 3.8) is 0 Å². The molecule has 0 heterocycles. The number of Topliss-reactive ketones (excluding diaryl/α,β-unsaturated/α-hetero) is 1. The molecule has 4 heteroatoms. The van der Waals surface area contributed by atoms with E-state index >= 15 is 0 Å². The number of carbonyl (C=O) groups excluding carboxylic acids is 1. The molecule has 0 spiro atoms. The molecule has 0 saturated carbocycles. The van der Waals surface area contributed by atoms with Crippen LogP contribution in [0, 0.1) is 3.57 Å². The summed E-state index contributed by atoms with van der Waals surface area (Å²) in [6.07, 6.45) is 0. The van der Waals surface area contributed by atoms with Gasteiger partial charge in [0, 0.05) is 9.13 Å². The number of halogens is 1. The molecule has 0 aliphatic rings. The number of carbonyl (C=O) groups is 1. The largest absolute Gasteiger partial charge is 0.397 e. The molecule has 12 heavy (non-hydrogen) atoms. The van der Waals surface area contributed by atoms with Crippen LogP contribution in [-0.2, 0) is 0 Å². The summed E-state index contributed by atoms with van der Waals surface area (Å²) in [6.45, 7) is 1.51. The number of hydrogen-bond donors (Lipinski definition) is 2. The zero-order valence-corrected chi connectivity index (χ0v) is 8.75. The van der Waals surface area contributed by atoms with Crippen molar-refractivity contribution in [3.05, 3.63) is 21.3 Å². The molecular weight excluding hydrogens is 267 g/mol. The van der Waals surface area contributed by atoms with E-state index in [0.717, 1.165) is 3.57 Å². The van der Waals surface area contributed by atoms with Crippen LogP contribution < -0.4 is 11.5 Å². The molecule has 0 radical (unpaired) electrons. The maximum atomic E-state index is 11.0. The van der Waals surface area contributed by atoms with Crippen molar-refractivity contribution in [2.75, 3.05) is 11.5 Å². The zero-order valence-electron chi connectivity index (χ0n) is 6.60. The number of ketones is 1. The fourth-order valence-corrected chi connectivity index (χ4v) is 1.75. The number of hydrogen-bond acceptors (Lipinski definition) is 3. The van der Waals surface area contributed by atoms with Crippen molar-refractivity contribution < 1.29 is 4.79 Å². The standard InChI is InChI=1S/C8H9IN2O/c1-4(12)5-2-7(10)8(11)3-6(5)9/h2-3H,10-11H2,1H3. The highest BCUT2D eigenvalue weighted by molar-refractivity contribution is 14.1. The first-order valence-electron chi connectivity index (χ1n) is 3.38. The second-order valence-electron chi connectivity index (χ2n) is 2.52. The van der Waals surface area contributed by atoms with Crippen molar-refractivity contribution in [2.24, 2.45) is 0 Å². The predicted molar refractivity (Wildman–Crippen MR) is 58.0 cm³/mol. The van der Waals surface area contributed by atoms with Gasteiger partial charge in [-0.25, -0.2) is 0 Å². The summed E-state index contributed by atoms with van der Waals surface area (Å²) >= 11 is 2.06. The minimum absolute atomic E-state index is 0.00565. The van der Waals surface area contributed by atoms with Gasteiger partial charge in [0.05, 0.1) is 11.4 Å². The van der Waals surface area contributed by atoms with E-state index in [1.807, 2.05) is 0 Å². The summed E-state index contributed by atoms with van der Waals surface area (Å²) < 4.78 is 0.840. The minimum atomic E-state index is 0.00565. The molecular formula is C8H9IN2O. The summed E-state index contributed by atoms with van der Waals surface area (Å²) in [5, 5.41) is 0. The van der Waals surface area contributed by atoms with Crippen LogP contribution >= 0.6 is 22.6 Å². The van der Waals surface area contributed by atoms with Gasteiger partial charge in [0.2, 0.25) is 0 Å². The normalized spacial score (nSPS) is 9.83. The highest BCUT2D eigenvalue weighted by atomic mass is 127. The molecule has 64 valence electrons. The van der Waals surface area contributed by atoms with Crippen LogP contribution in [0.25, 0.3) is 0 Å². The lowest BCUT2D eigenvalue weighted by molar-refractivity contribution is 0.101. The average Bonchev–Trinajstić information content (AvgIpc) is 1.96. The van der Waals surface area contributed by atoms with Gasteiger partial charge < -0.3 is 11.5 Å². The van der Waals surface area contributed by atoms with Crippen molar-refractivity contribution in [1.29, 1.82) is 0 Å². The highest BCUT2D eigenvalue weighted by Gasteiger charge is 2.07. The number of nitrogen functional groups attached to an aromatic ring is 2. The molecule has 1 aromatic rings. The lowest BCUT2D eigenvalue weighted by Gasteiger charge is -2.04. The fraction of sp³-hybridized carbons (Fsp3) is 0.125. The van der Waals surface area contributed by atoms with Crippen LogP contribution in [-0.4, -0.2) is 5.78 Å². The Kier molecular flexibility index (Phi) is 2.56. The molecule has 0 amide bonds. The Bertz CT molecular complexity index is 336. The van der Waals surface area contributed by atoms with Gasteiger partial charge in [0.1, 0.15) is 0 Å². The maximum absolute atomic E-state index is 11.0. The summed E-state index contributed by atoms with van der Waals surface area (Å²) in [5.74, 6) is 0.00565.